The van der Waals surface area contributed by atoms with Gasteiger partial charge in [0.1, 0.15) is 11.4 Å². The molecule has 1 aromatic heterocycles. The number of nitrogens with zero attached hydrogens (tertiary/aromatic N) is 4. The number of rotatable bonds is 6. The van der Waals surface area contributed by atoms with Crippen LogP contribution < -0.4 is 9.64 Å². The summed E-state index contributed by atoms with van der Waals surface area (Å²) in [7, 11) is -0.383. The number of hydrogen-bond acceptors (Lipinski definition) is 5. The third-order valence-electron chi connectivity index (χ3n) is 7.14. The maximum atomic E-state index is 13.8. The SMILES string of the molecule is COc1ccc(-n2nc(C(F)(F)F)c3c2C(=O)N(c2ccc(C4(N(C)S(C)(=O)=O)CC4)cc2)CC3)cc1. The number of alkyl halides is 3. The first-order valence-electron chi connectivity index (χ1n) is 11.6. The van der Waals surface area contributed by atoms with E-state index in [9.17, 15) is 26.4 Å². The van der Waals surface area contributed by atoms with E-state index in [1.807, 2.05) is 0 Å². The molecule has 0 N–H and O–H groups in total. The van der Waals surface area contributed by atoms with Crippen LogP contribution in [0.25, 0.3) is 5.69 Å². The van der Waals surface area contributed by atoms with E-state index in [4.69, 9.17) is 4.74 Å². The molecule has 0 atom stereocenters. The molecule has 1 saturated carbocycles. The normalized spacial score (nSPS) is 17.2. The first kappa shape index (κ1) is 25.3. The van der Waals surface area contributed by atoms with E-state index in [1.54, 1.807) is 55.6 Å². The molecule has 0 bridgehead atoms. The van der Waals surface area contributed by atoms with Crippen molar-refractivity contribution < 1.29 is 31.1 Å². The summed E-state index contributed by atoms with van der Waals surface area (Å²) < 4.78 is 73.2. The summed E-state index contributed by atoms with van der Waals surface area (Å²) in [5.41, 5.74) is -0.333. The largest absolute Gasteiger partial charge is 0.497 e. The van der Waals surface area contributed by atoms with Crippen molar-refractivity contribution >= 4 is 21.6 Å². The van der Waals surface area contributed by atoms with E-state index in [2.05, 4.69) is 5.10 Å². The van der Waals surface area contributed by atoms with Crippen LogP contribution in [0.3, 0.4) is 0 Å². The first-order valence-corrected chi connectivity index (χ1v) is 13.4. The molecule has 196 valence electrons. The van der Waals surface area contributed by atoms with Crippen LogP contribution in [0.15, 0.2) is 48.5 Å². The third kappa shape index (κ3) is 4.27. The average molecular weight is 535 g/mol. The highest BCUT2D eigenvalue weighted by Crippen LogP contribution is 2.51. The summed E-state index contributed by atoms with van der Waals surface area (Å²) in [6, 6.07) is 13.2. The molecule has 3 aromatic rings. The van der Waals surface area contributed by atoms with Crippen molar-refractivity contribution in [2.45, 2.75) is 31.0 Å². The molecule has 12 heteroatoms. The number of carbonyl (C=O) groups excluding carboxylic acids is 1. The van der Waals surface area contributed by atoms with E-state index in [-0.39, 0.29) is 24.2 Å². The molecule has 0 spiro atoms. The van der Waals surface area contributed by atoms with Crippen molar-refractivity contribution in [1.29, 1.82) is 0 Å². The quantitative estimate of drug-likeness (QED) is 0.478. The van der Waals surface area contributed by atoms with E-state index < -0.39 is 33.3 Å². The zero-order chi connectivity index (χ0) is 26.8. The number of carbonyl (C=O) groups is 1. The number of ether oxygens (including phenoxy) is 1. The molecule has 2 aromatic carbocycles. The van der Waals surface area contributed by atoms with Crippen LogP contribution in [-0.2, 0) is 28.2 Å². The maximum absolute atomic E-state index is 13.8. The van der Waals surface area contributed by atoms with Gasteiger partial charge >= 0.3 is 6.18 Å². The Balaban J connectivity index is 1.51. The molecule has 8 nitrogen and oxygen atoms in total. The lowest BCUT2D eigenvalue weighted by Gasteiger charge is -2.29. The van der Waals surface area contributed by atoms with Crippen molar-refractivity contribution in [3.8, 4) is 11.4 Å². The van der Waals surface area contributed by atoms with Crippen LogP contribution in [0.2, 0.25) is 0 Å². The van der Waals surface area contributed by atoms with Gasteiger partial charge in [-0.2, -0.15) is 22.6 Å². The lowest BCUT2D eigenvalue weighted by Crippen LogP contribution is -2.39. The Morgan fingerprint density at radius 2 is 1.62 bits per heavy atom. The molecule has 1 fully saturated rings. The minimum Gasteiger partial charge on any atom is -0.497 e. The molecule has 2 aliphatic rings. The number of hydrogen-bond donors (Lipinski definition) is 0. The van der Waals surface area contributed by atoms with Crippen molar-refractivity contribution in [2.24, 2.45) is 0 Å². The van der Waals surface area contributed by atoms with Gasteiger partial charge in [0.2, 0.25) is 10.0 Å². The fourth-order valence-corrected chi connectivity index (χ4v) is 5.84. The summed E-state index contributed by atoms with van der Waals surface area (Å²) in [4.78, 5) is 15.0. The predicted molar refractivity (Wildman–Crippen MR) is 130 cm³/mol. The third-order valence-corrected chi connectivity index (χ3v) is 8.49. The fraction of sp³-hybridized carbons (Fsp3) is 0.360. The minimum absolute atomic E-state index is 0.0193. The second-order valence-electron chi connectivity index (χ2n) is 9.30. The molecule has 1 aliphatic heterocycles. The Morgan fingerprint density at radius 1 is 1.03 bits per heavy atom. The van der Waals surface area contributed by atoms with Crippen LogP contribution in [-0.4, -0.2) is 55.4 Å². The first-order chi connectivity index (χ1) is 17.4. The van der Waals surface area contributed by atoms with Gasteiger partial charge in [0.15, 0.2) is 5.69 Å². The van der Waals surface area contributed by atoms with Crippen molar-refractivity contribution in [3.63, 3.8) is 0 Å². The maximum Gasteiger partial charge on any atom is 0.435 e. The number of halogens is 3. The van der Waals surface area contributed by atoms with Crippen molar-refractivity contribution in [2.75, 3.05) is 31.9 Å². The topological polar surface area (TPSA) is 84.7 Å². The lowest BCUT2D eigenvalue weighted by atomic mass is 10.0. The van der Waals surface area contributed by atoms with E-state index in [0.29, 0.717) is 30.0 Å². The van der Waals surface area contributed by atoms with E-state index in [1.165, 1.54) is 16.3 Å². The number of aromatic nitrogens is 2. The average Bonchev–Trinajstić information content (AvgIpc) is 3.56. The molecular formula is C25H25F3N4O4S. The summed E-state index contributed by atoms with van der Waals surface area (Å²) in [5.74, 6) is -0.0778. The van der Waals surface area contributed by atoms with Crippen molar-refractivity contribution in [3.05, 3.63) is 71.0 Å². The zero-order valence-corrected chi connectivity index (χ0v) is 21.2. The van der Waals surface area contributed by atoms with Crippen LogP contribution in [0.4, 0.5) is 18.9 Å². The molecule has 1 aliphatic carbocycles. The number of benzene rings is 2. The van der Waals surface area contributed by atoms with Crippen molar-refractivity contribution in [1.82, 2.24) is 14.1 Å². The molecule has 5 rings (SSSR count). The van der Waals surface area contributed by atoms with Gasteiger partial charge in [-0.1, -0.05) is 12.1 Å². The Morgan fingerprint density at radius 3 is 2.14 bits per heavy atom. The Kier molecular flexibility index (Phi) is 5.87. The summed E-state index contributed by atoms with van der Waals surface area (Å²) >= 11 is 0. The Labute approximate surface area is 212 Å². The number of sulfonamides is 1. The lowest BCUT2D eigenvalue weighted by molar-refractivity contribution is -0.141. The van der Waals surface area contributed by atoms with Gasteiger partial charge in [-0.05, 0) is 61.2 Å². The molecule has 0 saturated heterocycles. The highest BCUT2D eigenvalue weighted by Gasteiger charge is 2.51. The zero-order valence-electron chi connectivity index (χ0n) is 20.4. The predicted octanol–water partition coefficient (Wildman–Crippen LogP) is 3.98. The van der Waals surface area contributed by atoms with Gasteiger partial charge < -0.3 is 9.64 Å². The number of anilines is 1. The van der Waals surface area contributed by atoms with Crippen LogP contribution in [0.1, 0.15) is 40.2 Å². The fourth-order valence-electron chi connectivity index (χ4n) is 4.92. The highest BCUT2D eigenvalue weighted by atomic mass is 32.2. The monoisotopic (exact) mass is 534 g/mol. The summed E-state index contributed by atoms with van der Waals surface area (Å²) in [5, 5.41) is 3.81. The summed E-state index contributed by atoms with van der Waals surface area (Å²) in [6.07, 6.45) is -2.20. The second-order valence-corrected chi connectivity index (χ2v) is 11.3. The van der Waals surface area contributed by atoms with Gasteiger partial charge in [0, 0.05) is 24.8 Å². The molecule has 0 radical (unpaired) electrons. The van der Waals surface area contributed by atoms with Gasteiger partial charge in [-0.3, -0.25) is 4.79 Å². The Hall–Kier alpha value is -3.38. The molecular weight excluding hydrogens is 509 g/mol. The van der Waals surface area contributed by atoms with Gasteiger partial charge in [0.25, 0.3) is 5.91 Å². The van der Waals surface area contributed by atoms with Crippen LogP contribution in [0, 0.1) is 0 Å². The molecule has 2 heterocycles. The van der Waals surface area contributed by atoms with E-state index in [0.717, 1.165) is 16.5 Å². The van der Waals surface area contributed by atoms with Gasteiger partial charge in [0.05, 0.1) is 24.6 Å². The van der Waals surface area contributed by atoms with Crippen LogP contribution >= 0.6 is 0 Å². The Bertz CT molecular complexity index is 1460. The standard InChI is InChI=1S/C25H25F3N4O4S/c1-30(37(3,34)35)24(13-14-24)16-4-6-17(7-5-16)31-15-12-20-21(23(31)33)32(29-22(20)25(26,27)28)18-8-10-19(36-2)11-9-18/h4-11H,12-15H2,1-3H3. The molecule has 37 heavy (non-hydrogen) atoms. The summed E-state index contributed by atoms with van der Waals surface area (Å²) in [6.45, 7) is 0.0525. The highest BCUT2D eigenvalue weighted by molar-refractivity contribution is 7.88. The van der Waals surface area contributed by atoms with Crippen LogP contribution in [0.5, 0.6) is 5.75 Å². The second kappa shape index (κ2) is 8.59. The number of methoxy groups -OCH3 is 1. The van der Waals surface area contributed by atoms with E-state index >= 15 is 0 Å². The number of fused-ring (bicyclic) bond motifs is 1. The number of amides is 1. The minimum atomic E-state index is -4.71. The molecule has 1 amide bonds. The smallest absolute Gasteiger partial charge is 0.435 e. The molecule has 0 unspecified atom stereocenters. The van der Waals surface area contributed by atoms with Gasteiger partial charge in [-0.25, -0.2) is 13.1 Å². The van der Waals surface area contributed by atoms with Gasteiger partial charge in [-0.15, -0.1) is 0 Å².